The van der Waals surface area contributed by atoms with Crippen molar-refractivity contribution in [2.24, 2.45) is 11.8 Å². The molecule has 0 bridgehead atoms. The third-order valence-corrected chi connectivity index (χ3v) is 3.05. The number of aliphatic hydroxyl groups is 1. The van der Waals surface area contributed by atoms with Gasteiger partial charge in [-0.1, -0.05) is 25.7 Å². The Morgan fingerprint density at radius 3 is 2.70 bits per heavy atom. The number of rotatable bonds is 0. The summed E-state index contributed by atoms with van der Waals surface area (Å²) in [4.78, 5) is 0. The van der Waals surface area contributed by atoms with E-state index in [1.807, 2.05) is 0 Å². The Balaban J connectivity index is 1.88. The summed E-state index contributed by atoms with van der Waals surface area (Å²) in [6.07, 6.45) is 7.85. The highest BCUT2D eigenvalue weighted by molar-refractivity contribution is 4.92. The van der Waals surface area contributed by atoms with Crippen molar-refractivity contribution in [3.05, 3.63) is 0 Å². The molecule has 0 aromatic carbocycles. The van der Waals surface area contributed by atoms with Crippen molar-refractivity contribution in [1.82, 2.24) is 0 Å². The summed E-state index contributed by atoms with van der Waals surface area (Å²) in [6, 6.07) is 0. The molecule has 0 spiro atoms. The molecule has 0 aromatic rings. The van der Waals surface area contributed by atoms with Crippen LogP contribution in [0.3, 0.4) is 0 Å². The van der Waals surface area contributed by atoms with Crippen molar-refractivity contribution >= 4 is 0 Å². The van der Waals surface area contributed by atoms with E-state index in [1.54, 1.807) is 0 Å². The van der Waals surface area contributed by atoms with Crippen LogP contribution < -0.4 is 0 Å². The molecule has 0 radical (unpaired) electrons. The van der Waals surface area contributed by atoms with Gasteiger partial charge in [0, 0.05) is 0 Å². The zero-order valence-corrected chi connectivity index (χ0v) is 6.42. The molecule has 1 nitrogen and oxygen atoms in total. The normalized spacial score (nSPS) is 47.1. The standard InChI is InChI=1S/C9H16O/c10-9-5-3-1-2-4-7-6-8(7)9/h7-10H,1-6H2. The van der Waals surface area contributed by atoms with Gasteiger partial charge in [-0.25, -0.2) is 0 Å². The first-order chi connectivity index (χ1) is 4.88. The van der Waals surface area contributed by atoms with Crippen LogP contribution in [0.15, 0.2) is 0 Å². The van der Waals surface area contributed by atoms with Gasteiger partial charge in [-0.05, 0) is 24.7 Å². The molecular formula is C9H16O. The summed E-state index contributed by atoms with van der Waals surface area (Å²) in [6.45, 7) is 0. The van der Waals surface area contributed by atoms with E-state index in [-0.39, 0.29) is 6.10 Å². The van der Waals surface area contributed by atoms with Crippen molar-refractivity contribution < 1.29 is 5.11 Å². The van der Waals surface area contributed by atoms with E-state index >= 15 is 0 Å². The van der Waals surface area contributed by atoms with Crippen LogP contribution in [0.1, 0.15) is 38.5 Å². The Morgan fingerprint density at radius 1 is 1.00 bits per heavy atom. The van der Waals surface area contributed by atoms with Gasteiger partial charge in [0.25, 0.3) is 0 Å². The van der Waals surface area contributed by atoms with Gasteiger partial charge in [0.05, 0.1) is 6.10 Å². The summed E-state index contributed by atoms with van der Waals surface area (Å²) >= 11 is 0. The Labute approximate surface area is 62.4 Å². The van der Waals surface area contributed by atoms with Crippen molar-refractivity contribution in [3.8, 4) is 0 Å². The van der Waals surface area contributed by atoms with E-state index in [2.05, 4.69) is 0 Å². The predicted octanol–water partition coefficient (Wildman–Crippen LogP) is 1.95. The Morgan fingerprint density at radius 2 is 1.80 bits per heavy atom. The van der Waals surface area contributed by atoms with Crippen LogP contribution in [0, 0.1) is 11.8 Å². The molecule has 2 saturated carbocycles. The highest BCUT2D eigenvalue weighted by atomic mass is 16.3. The predicted molar refractivity (Wildman–Crippen MR) is 40.7 cm³/mol. The minimum absolute atomic E-state index is 0.0605. The molecular weight excluding hydrogens is 124 g/mol. The summed E-state index contributed by atoms with van der Waals surface area (Å²) in [5, 5.41) is 9.52. The molecule has 0 aromatic heterocycles. The van der Waals surface area contributed by atoms with E-state index in [9.17, 15) is 5.11 Å². The molecule has 1 heteroatoms. The summed E-state index contributed by atoms with van der Waals surface area (Å²) < 4.78 is 0. The second-order valence-electron chi connectivity index (χ2n) is 3.86. The van der Waals surface area contributed by atoms with Gasteiger partial charge in [0.1, 0.15) is 0 Å². The van der Waals surface area contributed by atoms with Crippen LogP contribution >= 0.6 is 0 Å². The molecule has 3 atom stereocenters. The highest BCUT2D eigenvalue weighted by Gasteiger charge is 2.41. The average Bonchev–Trinajstić information content (AvgIpc) is 2.62. The minimum atomic E-state index is 0.0605. The summed E-state index contributed by atoms with van der Waals surface area (Å²) in [5.41, 5.74) is 0. The van der Waals surface area contributed by atoms with Crippen molar-refractivity contribution in [1.29, 1.82) is 0 Å². The third-order valence-electron chi connectivity index (χ3n) is 3.05. The van der Waals surface area contributed by atoms with Crippen LogP contribution in [0.25, 0.3) is 0 Å². The lowest BCUT2D eigenvalue weighted by Gasteiger charge is -2.12. The molecule has 0 aliphatic heterocycles. The Bertz CT molecular complexity index is 122. The quantitative estimate of drug-likeness (QED) is 0.545. The fraction of sp³-hybridized carbons (Fsp3) is 1.00. The second-order valence-corrected chi connectivity index (χ2v) is 3.86. The topological polar surface area (TPSA) is 20.2 Å². The first-order valence-electron chi connectivity index (χ1n) is 4.56. The Kier molecular flexibility index (Phi) is 1.69. The molecule has 3 unspecified atom stereocenters. The summed E-state index contributed by atoms with van der Waals surface area (Å²) in [7, 11) is 0. The SMILES string of the molecule is OC1CCCCCC2CC12. The zero-order valence-electron chi connectivity index (χ0n) is 6.42. The third kappa shape index (κ3) is 1.20. The molecule has 0 heterocycles. The van der Waals surface area contributed by atoms with Crippen LogP contribution in [0.2, 0.25) is 0 Å². The van der Waals surface area contributed by atoms with Crippen molar-refractivity contribution in [3.63, 3.8) is 0 Å². The van der Waals surface area contributed by atoms with Gasteiger partial charge >= 0.3 is 0 Å². The molecule has 2 rings (SSSR count). The Hall–Kier alpha value is -0.0400. The van der Waals surface area contributed by atoms with E-state index in [4.69, 9.17) is 0 Å². The second kappa shape index (κ2) is 2.54. The maximum absolute atomic E-state index is 9.52. The number of fused-ring (bicyclic) bond motifs is 1. The average molecular weight is 140 g/mol. The van der Waals surface area contributed by atoms with E-state index in [0.717, 1.165) is 12.3 Å². The van der Waals surface area contributed by atoms with Gasteiger partial charge in [0.15, 0.2) is 0 Å². The first kappa shape index (κ1) is 6.66. The van der Waals surface area contributed by atoms with Gasteiger partial charge in [-0.15, -0.1) is 0 Å². The molecule has 0 amide bonds. The summed E-state index contributed by atoms with van der Waals surface area (Å²) in [5.74, 6) is 1.62. The highest BCUT2D eigenvalue weighted by Crippen LogP contribution is 2.47. The van der Waals surface area contributed by atoms with E-state index < -0.39 is 0 Å². The lowest BCUT2D eigenvalue weighted by Crippen LogP contribution is -2.12. The zero-order chi connectivity index (χ0) is 6.97. The van der Waals surface area contributed by atoms with E-state index in [0.29, 0.717) is 5.92 Å². The van der Waals surface area contributed by atoms with Gasteiger partial charge in [-0.2, -0.15) is 0 Å². The number of hydrogen-bond acceptors (Lipinski definition) is 1. The molecule has 1 N–H and O–H groups in total. The molecule has 2 aliphatic carbocycles. The lowest BCUT2D eigenvalue weighted by molar-refractivity contribution is 0.126. The molecule has 58 valence electrons. The molecule has 2 fully saturated rings. The monoisotopic (exact) mass is 140 g/mol. The fourth-order valence-electron chi connectivity index (χ4n) is 2.23. The largest absolute Gasteiger partial charge is 0.393 e. The maximum atomic E-state index is 9.52. The van der Waals surface area contributed by atoms with Gasteiger partial charge in [0.2, 0.25) is 0 Å². The van der Waals surface area contributed by atoms with E-state index in [1.165, 1.54) is 32.1 Å². The van der Waals surface area contributed by atoms with Crippen LogP contribution in [-0.2, 0) is 0 Å². The maximum Gasteiger partial charge on any atom is 0.0571 e. The van der Waals surface area contributed by atoms with Crippen molar-refractivity contribution in [2.75, 3.05) is 0 Å². The molecule has 0 saturated heterocycles. The van der Waals surface area contributed by atoms with Crippen LogP contribution in [0.4, 0.5) is 0 Å². The van der Waals surface area contributed by atoms with Crippen molar-refractivity contribution in [2.45, 2.75) is 44.6 Å². The van der Waals surface area contributed by atoms with Gasteiger partial charge < -0.3 is 5.11 Å². The first-order valence-corrected chi connectivity index (χ1v) is 4.56. The molecule has 10 heavy (non-hydrogen) atoms. The van der Waals surface area contributed by atoms with Crippen LogP contribution in [-0.4, -0.2) is 11.2 Å². The lowest BCUT2D eigenvalue weighted by atomic mass is 9.99. The van der Waals surface area contributed by atoms with Crippen LogP contribution in [0.5, 0.6) is 0 Å². The fourth-order valence-corrected chi connectivity index (χ4v) is 2.23. The molecule has 2 aliphatic rings. The number of hydrogen-bond donors (Lipinski definition) is 1. The smallest absolute Gasteiger partial charge is 0.0571 e. The minimum Gasteiger partial charge on any atom is -0.393 e. The number of aliphatic hydroxyl groups excluding tert-OH is 1. The van der Waals surface area contributed by atoms with Gasteiger partial charge in [-0.3, -0.25) is 0 Å².